The zero-order valence-corrected chi connectivity index (χ0v) is 18.9. The Balaban J connectivity index is 1.46. The van der Waals surface area contributed by atoms with Gasteiger partial charge in [-0.15, -0.1) is 4.40 Å². The van der Waals surface area contributed by atoms with Gasteiger partial charge in [0, 0.05) is 25.7 Å². The summed E-state index contributed by atoms with van der Waals surface area (Å²) in [5.41, 5.74) is 1.18. The molecule has 0 aliphatic carbocycles. The molecule has 0 atom stereocenters. The minimum absolute atomic E-state index is 0.0553. The van der Waals surface area contributed by atoms with Crippen molar-refractivity contribution >= 4 is 27.5 Å². The molecule has 2 aliphatic rings. The third kappa shape index (κ3) is 5.40. The quantitative estimate of drug-likeness (QED) is 0.740. The number of nitrogens with zero attached hydrogens (tertiary/aromatic N) is 2. The van der Waals surface area contributed by atoms with E-state index in [4.69, 9.17) is 9.47 Å². The number of anilines is 1. The molecule has 2 aromatic carbocycles. The number of likely N-dealkylation sites (tertiary alicyclic amines) is 1. The molecule has 0 bridgehead atoms. The van der Waals surface area contributed by atoms with Gasteiger partial charge in [-0.3, -0.25) is 4.79 Å². The fourth-order valence-electron chi connectivity index (χ4n) is 3.76. The molecule has 2 aliphatic heterocycles. The average Bonchev–Trinajstić information content (AvgIpc) is 2.97. The number of amidine groups is 1. The van der Waals surface area contributed by atoms with Crippen LogP contribution >= 0.6 is 0 Å². The average molecular weight is 458 g/mol. The van der Waals surface area contributed by atoms with Crippen molar-refractivity contribution in [1.29, 1.82) is 0 Å². The lowest BCUT2D eigenvalue weighted by Gasteiger charge is -2.18. The van der Waals surface area contributed by atoms with Crippen molar-refractivity contribution in [3.8, 4) is 11.5 Å². The largest absolute Gasteiger partial charge is 0.486 e. The SMILES string of the molecule is CN1CCCCC/C1=N/S(=O)(=O)c1cccc(NC(=O)Cc2ccc3c(c2)OCCO3)c1. The summed E-state index contributed by atoms with van der Waals surface area (Å²) < 4.78 is 40.9. The lowest BCUT2D eigenvalue weighted by atomic mass is 10.1. The van der Waals surface area contributed by atoms with E-state index < -0.39 is 10.0 Å². The number of ether oxygens (including phenoxy) is 2. The topological polar surface area (TPSA) is 97.3 Å². The van der Waals surface area contributed by atoms with Gasteiger partial charge >= 0.3 is 0 Å². The van der Waals surface area contributed by atoms with Gasteiger partial charge in [-0.2, -0.15) is 8.42 Å². The molecular weight excluding hydrogens is 430 g/mol. The Kier molecular flexibility index (Phi) is 6.64. The van der Waals surface area contributed by atoms with Crippen LogP contribution in [0, 0.1) is 0 Å². The summed E-state index contributed by atoms with van der Waals surface area (Å²) in [4.78, 5) is 14.5. The standard InChI is InChI=1S/C23H27N3O5S/c1-26-11-4-2-3-8-22(26)25-32(28,29)19-7-5-6-18(16-19)24-23(27)15-17-9-10-20-21(14-17)31-13-12-30-20/h5-7,9-10,14,16H,2-4,8,11-13,15H2,1H3,(H,24,27)/b25-22-. The molecule has 1 amide bonds. The predicted molar refractivity (Wildman–Crippen MR) is 122 cm³/mol. The van der Waals surface area contributed by atoms with Gasteiger partial charge in [0.15, 0.2) is 11.5 Å². The molecule has 0 aromatic heterocycles. The first-order valence-electron chi connectivity index (χ1n) is 10.7. The molecule has 1 saturated heterocycles. The molecule has 0 spiro atoms. The highest BCUT2D eigenvalue weighted by Gasteiger charge is 2.19. The Morgan fingerprint density at radius 2 is 1.88 bits per heavy atom. The zero-order chi connectivity index (χ0) is 22.6. The van der Waals surface area contributed by atoms with Gasteiger partial charge in [0.25, 0.3) is 10.0 Å². The maximum atomic E-state index is 12.9. The minimum atomic E-state index is -3.87. The number of hydrogen-bond acceptors (Lipinski definition) is 5. The number of rotatable bonds is 5. The van der Waals surface area contributed by atoms with E-state index in [2.05, 4.69) is 9.71 Å². The second-order valence-corrected chi connectivity index (χ2v) is 9.55. The van der Waals surface area contributed by atoms with Crippen molar-refractivity contribution in [2.75, 3.05) is 32.1 Å². The van der Waals surface area contributed by atoms with Gasteiger partial charge in [0.1, 0.15) is 19.0 Å². The lowest BCUT2D eigenvalue weighted by molar-refractivity contribution is -0.115. The summed E-state index contributed by atoms with van der Waals surface area (Å²) in [6.45, 7) is 1.78. The van der Waals surface area contributed by atoms with E-state index in [9.17, 15) is 13.2 Å². The molecule has 9 heteroatoms. The summed E-state index contributed by atoms with van der Waals surface area (Å²) in [6.07, 6.45) is 3.78. The number of fused-ring (bicyclic) bond motifs is 1. The summed E-state index contributed by atoms with van der Waals surface area (Å²) in [5, 5.41) is 2.77. The Morgan fingerprint density at radius 1 is 1.06 bits per heavy atom. The molecule has 4 rings (SSSR count). The molecule has 8 nitrogen and oxygen atoms in total. The molecule has 2 aromatic rings. The number of amides is 1. The zero-order valence-electron chi connectivity index (χ0n) is 18.0. The Morgan fingerprint density at radius 3 is 2.72 bits per heavy atom. The minimum Gasteiger partial charge on any atom is -0.486 e. The second-order valence-electron chi connectivity index (χ2n) is 7.95. The number of hydrogen-bond donors (Lipinski definition) is 1. The van der Waals surface area contributed by atoms with Crippen LogP contribution in [0.3, 0.4) is 0 Å². The van der Waals surface area contributed by atoms with Crippen molar-refractivity contribution in [1.82, 2.24) is 4.90 Å². The molecule has 1 fully saturated rings. The highest BCUT2D eigenvalue weighted by Crippen LogP contribution is 2.31. The van der Waals surface area contributed by atoms with Gasteiger partial charge in [0.05, 0.1) is 11.3 Å². The first kappa shape index (κ1) is 22.1. The van der Waals surface area contributed by atoms with Crippen molar-refractivity contribution in [3.05, 3.63) is 48.0 Å². The van der Waals surface area contributed by atoms with Gasteiger partial charge < -0.3 is 19.7 Å². The number of carbonyl (C=O) groups is 1. The maximum absolute atomic E-state index is 12.9. The summed E-state index contributed by atoms with van der Waals surface area (Å²) in [7, 11) is -2.00. The Labute approximate surface area is 188 Å². The number of sulfonamides is 1. The monoisotopic (exact) mass is 457 g/mol. The van der Waals surface area contributed by atoms with E-state index in [1.165, 1.54) is 12.1 Å². The number of benzene rings is 2. The Hall–Kier alpha value is -3.07. The van der Waals surface area contributed by atoms with Crippen molar-refractivity contribution in [3.63, 3.8) is 0 Å². The van der Waals surface area contributed by atoms with Gasteiger partial charge in [-0.25, -0.2) is 0 Å². The van der Waals surface area contributed by atoms with Crippen molar-refractivity contribution in [2.24, 2.45) is 4.40 Å². The van der Waals surface area contributed by atoms with E-state index in [1.54, 1.807) is 24.3 Å². The third-order valence-corrected chi connectivity index (χ3v) is 6.75. The van der Waals surface area contributed by atoms with Crippen molar-refractivity contribution < 1.29 is 22.7 Å². The fourth-order valence-corrected chi connectivity index (χ4v) is 4.90. The number of carbonyl (C=O) groups excluding carboxylic acids is 1. The van der Waals surface area contributed by atoms with Crippen LogP contribution in [0.5, 0.6) is 11.5 Å². The van der Waals surface area contributed by atoms with E-state index in [-0.39, 0.29) is 17.2 Å². The molecular formula is C23H27N3O5S. The van der Waals surface area contributed by atoms with Crippen LogP contribution in [0.15, 0.2) is 51.8 Å². The van der Waals surface area contributed by atoms with Crippen LogP contribution in [0.1, 0.15) is 31.2 Å². The fraction of sp³-hybridized carbons (Fsp3) is 0.391. The van der Waals surface area contributed by atoms with Gasteiger partial charge in [-0.1, -0.05) is 18.6 Å². The van der Waals surface area contributed by atoms with Crippen molar-refractivity contribution in [2.45, 2.75) is 37.0 Å². The van der Waals surface area contributed by atoms with Crippen LogP contribution in [0.25, 0.3) is 0 Å². The normalized spacial score (nSPS) is 17.7. The highest BCUT2D eigenvalue weighted by atomic mass is 32.2. The molecule has 0 radical (unpaired) electrons. The highest BCUT2D eigenvalue weighted by molar-refractivity contribution is 7.90. The van der Waals surface area contributed by atoms with Crippen LogP contribution in [0.2, 0.25) is 0 Å². The van der Waals surface area contributed by atoms with Crippen LogP contribution in [-0.4, -0.2) is 51.9 Å². The van der Waals surface area contributed by atoms with Crippen LogP contribution < -0.4 is 14.8 Å². The molecule has 170 valence electrons. The predicted octanol–water partition coefficient (Wildman–Crippen LogP) is 3.23. The van der Waals surface area contributed by atoms with E-state index in [0.717, 1.165) is 31.4 Å². The maximum Gasteiger partial charge on any atom is 0.284 e. The first-order chi connectivity index (χ1) is 15.4. The first-order valence-corrected chi connectivity index (χ1v) is 12.2. The molecule has 1 N–H and O–H groups in total. The van der Waals surface area contributed by atoms with E-state index >= 15 is 0 Å². The lowest BCUT2D eigenvalue weighted by Crippen LogP contribution is -2.26. The molecule has 0 unspecified atom stereocenters. The van der Waals surface area contributed by atoms with E-state index in [0.29, 0.717) is 42.7 Å². The third-order valence-electron chi connectivity index (χ3n) is 5.45. The van der Waals surface area contributed by atoms with Gasteiger partial charge in [-0.05, 0) is 48.7 Å². The van der Waals surface area contributed by atoms with E-state index in [1.807, 2.05) is 18.0 Å². The summed E-state index contributed by atoms with van der Waals surface area (Å²) >= 11 is 0. The van der Waals surface area contributed by atoms with Gasteiger partial charge in [0.2, 0.25) is 5.91 Å². The summed E-state index contributed by atoms with van der Waals surface area (Å²) in [6, 6.07) is 11.6. The molecule has 2 heterocycles. The molecule has 0 saturated carbocycles. The van der Waals surface area contributed by atoms with Crippen LogP contribution in [0.4, 0.5) is 5.69 Å². The Bertz CT molecular complexity index is 1130. The summed E-state index contributed by atoms with van der Waals surface area (Å²) in [5.74, 6) is 1.61. The second kappa shape index (κ2) is 9.60. The molecule has 32 heavy (non-hydrogen) atoms. The number of nitrogens with one attached hydrogen (secondary N) is 1. The van der Waals surface area contributed by atoms with Crippen LogP contribution in [-0.2, 0) is 21.2 Å². The smallest absolute Gasteiger partial charge is 0.284 e.